The number of carbonyl (C=O) groups excluding carboxylic acids is 1. The Bertz CT molecular complexity index is 781. The molecule has 8 heteroatoms. The number of rotatable bonds is 5. The van der Waals surface area contributed by atoms with Crippen LogP contribution in [0.3, 0.4) is 0 Å². The van der Waals surface area contributed by atoms with Crippen molar-refractivity contribution in [2.24, 2.45) is 0 Å². The van der Waals surface area contributed by atoms with Crippen molar-refractivity contribution in [1.29, 1.82) is 0 Å². The van der Waals surface area contributed by atoms with Crippen molar-refractivity contribution in [2.75, 3.05) is 32.7 Å². The smallest absolute Gasteiger partial charge is 0.351 e. The Morgan fingerprint density at radius 2 is 1.96 bits per heavy atom. The molecule has 1 aliphatic rings. The van der Waals surface area contributed by atoms with E-state index in [2.05, 4.69) is 20.2 Å². The van der Waals surface area contributed by atoms with Gasteiger partial charge in [-0.2, -0.15) is 4.68 Å². The molecule has 1 N–H and O–H groups in total. The molecule has 2 aromatic rings. The number of hydrogen-bond acceptors (Lipinski definition) is 5. The van der Waals surface area contributed by atoms with Crippen LogP contribution < -0.4 is 11.0 Å². The minimum absolute atomic E-state index is 0.0695. The van der Waals surface area contributed by atoms with Crippen LogP contribution in [-0.2, 0) is 11.5 Å². The summed E-state index contributed by atoms with van der Waals surface area (Å²) < 4.78 is 3.07. The first-order chi connectivity index (χ1) is 12.0. The van der Waals surface area contributed by atoms with Gasteiger partial charge in [0.05, 0.1) is 13.2 Å². The molecule has 1 saturated heterocycles. The highest BCUT2D eigenvalue weighted by Crippen LogP contribution is 2.04. The number of hydrogen-bond donors (Lipinski definition) is 1. The second kappa shape index (κ2) is 7.79. The molecule has 0 unspecified atom stereocenters. The van der Waals surface area contributed by atoms with Gasteiger partial charge in [0.25, 0.3) is 0 Å². The molecule has 0 radical (unpaired) electrons. The van der Waals surface area contributed by atoms with Crippen LogP contribution in [0.25, 0.3) is 5.65 Å². The molecule has 0 aromatic carbocycles. The molecule has 25 heavy (non-hydrogen) atoms. The summed E-state index contributed by atoms with van der Waals surface area (Å²) in [5.74, 6) is 0.0695. The Labute approximate surface area is 147 Å². The Morgan fingerprint density at radius 1 is 1.20 bits per heavy atom. The SMILES string of the molecule is CC(C)NC(=O)CN1CCCN(Cn2nc3ccccn3c2=O)CC1. The van der Waals surface area contributed by atoms with E-state index >= 15 is 0 Å². The van der Waals surface area contributed by atoms with E-state index in [1.54, 1.807) is 10.6 Å². The van der Waals surface area contributed by atoms with Crippen LogP contribution in [0, 0.1) is 0 Å². The van der Waals surface area contributed by atoms with Gasteiger partial charge in [-0.05, 0) is 38.9 Å². The molecule has 3 rings (SSSR count). The third-order valence-corrected chi connectivity index (χ3v) is 4.32. The van der Waals surface area contributed by atoms with E-state index in [0.29, 0.717) is 18.9 Å². The Hall–Kier alpha value is -2.19. The van der Waals surface area contributed by atoms with Crippen LogP contribution in [0.4, 0.5) is 0 Å². The van der Waals surface area contributed by atoms with Gasteiger partial charge < -0.3 is 5.32 Å². The second-order valence-electron chi connectivity index (χ2n) is 6.82. The molecule has 1 fully saturated rings. The molecule has 0 spiro atoms. The molecule has 3 heterocycles. The lowest BCUT2D eigenvalue weighted by atomic mass is 10.3. The van der Waals surface area contributed by atoms with E-state index in [0.717, 1.165) is 32.6 Å². The number of carbonyl (C=O) groups is 1. The molecule has 2 aromatic heterocycles. The molecule has 0 saturated carbocycles. The topological polar surface area (TPSA) is 74.9 Å². The third kappa shape index (κ3) is 4.46. The van der Waals surface area contributed by atoms with Crippen LogP contribution in [-0.4, -0.2) is 68.7 Å². The van der Waals surface area contributed by atoms with Gasteiger partial charge in [-0.25, -0.2) is 4.79 Å². The Morgan fingerprint density at radius 3 is 2.72 bits per heavy atom. The highest BCUT2D eigenvalue weighted by atomic mass is 16.2. The first kappa shape index (κ1) is 17.6. The number of nitrogens with zero attached hydrogens (tertiary/aromatic N) is 5. The first-order valence-electron chi connectivity index (χ1n) is 8.81. The van der Waals surface area contributed by atoms with E-state index < -0.39 is 0 Å². The summed E-state index contributed by atoms with van der Waals surface area (Å²) in [5, 5.41) is 7.32. The minimum Gasteiger partial charge on any atom is -0.353 e. The van der Waals surface area contributed by atoms with Crippen LogP contribution in [0.2, 0.25) is 0 Å². The normalized spacial score (nSPS) is 17.1. The lowest BCUT2D eigenvalue weighted by Crippen LogP contribution is -2.41. The highest BCUT2D eigenvalue weighted by Gasteiger charge is 2.18. The van der Waals surface area contributed by atoms with Gasteiger partial charge >= 0.3 is 5.69 Å². The quantitative estimate of drug-likeness (QED) is 0.824. The van der Waals surface area contributed by atoms with Gasteiger partial charge in [0.1, 0.15) is 0 Å². The highest BCUT2D eigenvalue weighted by molar-refractivity contribution is 5.78. The summed E-state index contributed by atoms with van der Waals surface area (Å²) in [5.41, 5.74) is 0.544. The fraction of sp³-hybridized carbons (Fsp3) is 0.588. The molecule has 8 nitrogen and oxygen atoms in total. The molecule has 1 aliphatic heterocycles. The minimum atomic E-state index is -0.118. The lowest BCUT2D eigenvalue weighted by molar-refractivity contribution is -0.122. The number of amides is 1. The van der Waals surface area contributed by atoms with Gasteiger partial charge in [0.15, 0.2) is 5.65 Å². The van der Waals surface area contributed by atoms with Crippen molar-refractivity contribution in [2.45, 2.75) is 33.0 Å². The van der Waals surface area contributed by atoms with E-state index in [-0.39, 0.29) is 17.6 Å². The van der Waals surface area contributed by atoms with E-state index in [9.17, 15) is 9.59 Å². The lowest BCUT2D eigenvalue weighted by Gasteiger charge is -2.21. The van der Waals surface area contributed by atoms with E-state index in [1.807, 2.05) is 32.0 Å². The van der Waals surface area contributed by atoms with E-state index in [4.69, 9.17) is 0 Å². The van der Waals surface area contributed by atoms with Gasteiger partial charge in [0, 0.05) is 31.9 Å². The number of pyridine rings is 1. The maximum Gasteiger partial charge on any atom is 0.351 e. The maximum absolute atomic E-state index is 12.4. The van der Waals surface area contributed by atoms with Crippen molar-refractivity contribution in [1.82, 2.24) is 29.3 Å². The van der Waals surface area contributed by atoms with Gasteiger partial charge in [-0.3, -0.25) is 19.0 Å². The Balaban J connectivity index is 1.58. The fourth-order valence-electron chi connectivity index (χ4n) is 3.14. The number of nitrogens with one attached hydrogen (secondary N) is 1. The summed E-state index contributed by atoms with van der Waals surface area (Å²) in [6.07, 6.45) is 2.70. The predicted octanol–water partition coefficient (Wildman–Crippen LogP) is -0.0142. The van der Waals surface area contributed by atoms with Crippen molar-refractivity contribution >= 4 is 11.6 Å². The Kier molecular flexibility index (Phi) is 5.50. The number of aromatic nitrogens is 3. The molecule has 0 aliphatic carbocycles. The van der Waals surface area contributed by atoms with Gasteiger partial charge in [-0.15, -0.1) is 5.10 Å². The molecule has 1 amide bonds. The summed E-state index contributed by atoms with van der Waals surface area (Å²) >= 11 is 0. The molecular formula is C17H26N6O2. The van der Waals surface area contributed by atoms with Crippen molar-refractivity contribution < 1.29 is 4.79 Å². The summed E-state index contributed by atoms with van der Waals surface area (Å²) in [6, 6.07) is 5.69. The largest absolute Gasteiger partial charge is 0.353 e. The monoisotopic (exact) mass is 346 g/mol. The standard InChI is InChI=1S/C17H26N6O2/c1-14(2)18-16(24)12-20-7-5-8-21(11-10-20)13-23-17(25)22-9-4-3-6-15(22)19-23/h3-4,6,9,14H,5,7-8,10-13H2,1-2H3,(H,18,24). The molecule has 0 bridgehead atoms. The van der Waals surface area contributed by atoms with Gasteiger partial charge in [-0.1, -0.05) is 6.07 Å². The second-order valence-corrected chi connectivity index (χ2v) is 6.82. The summed E-state index contributed by atoms with van der Waals surface area (Å²) in [6.45, 7) is 8.25. The third-order valence-electron chi connectivity index (χ3n) is 4.32. The van der Waals surface area contributed by atoms with Crippen LogP contribution in [0.1, 0.15) is 20.3 Å². The fourth-order valence-corrected chi connectivity index (χ4v) is 3.14. The van der Waals surface area contributed by atoms with Crippen molar-refractivity contribution in [3.8, 4) is 0 Å². The van der Waals surface area contributed by atoms with E-state index in [1.165, 1.54) is 4.68 Å². The summed E-state index contributed by atoms with van der Waals surface area (Å²) in [7, 11) is 0. The molecule has 0 atom stereocenters. The zero-order chi connectivity index (χ0) is 17.8. The first-order valence-corrected chi connectivity index (χ1v) is 8.81. The van der Waals surface area contributed by atoms with Crippen molar-refractivity contribution in [3.05, 3.63) is 34.9 Å². The number of fused-ring (bicyclic) bond motifs is 1. The average molecular weight is 346 g/mol. The van der Waals surface area contributed by atoms with Gasteiger partial charge in [0.2, 0.25) is 5.91 Å². The zero-order valence-electron chi connectivity index (χ0n) is 14.9. The maximum atomic E-state index is 12.4. The summed E-state index contributed by atoms with van der Waals surface area (Å²) in [4.78, 5) is 28.7. The molecule has 136 valence electrons. The van der Waals surface area contributed by atoms with Crippen LogP contribution in [0.5, 0.6) is 0 Å². The molecular weight excluding hydrogens is 320 g/mol. The van der Waals surface area contributed by atoms with Crippen LogP contribution in [0.15, 0.2) is 29.2 Å². The zero-order valence-corrected chi connectivity index (χ0v) is 14.9. The van der Waals surface area contributed by atoms with Crippen molar-refractivity contribution in [3.63, 3.8) is 0 Å². The predicted molar refractivity (Wildman–Crippen MR) is 95.4 cm³/mol. The average Bonchev–Trinajstić information content (AvgIpc) is 2.73. The van der Waals surface area contributed by atoms with Crippen LogP contribution >= 0.6 is 0 Å².